The second-order valence-electron chi connectivity index (χ2n) is 4.53. The van der Waals surface area contributed by atoms with Crippen LogP contribution in [0.2, 0.25) is 0 Å². The summed E-state index contributed by atoms with van der Waals surface area (Å²) in [7, 11) is 3.58. The van der Waals surface area contributed by atoms with Crippen LogP contribution in [0.5, 0.6) is 5.75 Å². The lowest BCUT2D eigenvalue weighted by Gasteiger charge is -2.06. The van der Waals surface area contributed by atoms with E-state index in [1.165, 1.54) is 5.56 Å². The molecule has 2 rings (SSSR count). The van der Waals surface area contributed by atoms with Gasteiger partial charge < -0.3 is 14.8 Å². The third-order valence-corrected chi connectivity index (χ3v) is 2.94. The smallest absolute Gasteiger partial charge is 0.118 e. The molecule has 0 saturated carbocycles. The van der Waals surface area contributed by atoms with E-state index in [4.69, 9.17) is 9.47 Å². The maximum atomic E-state index is 5.66. The first-order valence-corrected chi connectivity index (χ1v) is 6.61. The van der Waals surface area contributed by atoms with Gasteiger partial charge in [-0.15, -0.1) is 0 Å². The minimum absolute atomic E-state index is 0.520. The van der Waals surface area contributed by atoms with Crippen molar-refractivity contribution < 1.29 is 9.47 Å². The Kier molecular flexibility index (Phi) is 5.53. The van der Waals surface area contributed by atoms with Crippen LogP contribution in [0, 0.1) is 0 Å². The number of pyridine rings is 1. The molecular formula is C16H20N2O2. The van der Waals surface area contributed by atoms with Crippen LogP contribution >= 0.6 is 0 Å². The number of hydrogen-bond acceptors (Lipinski definition) is 4. The molecule has 0 aliphatic heterocycles. The van der Waals surface area contributed by atoms with E-state index in [2.05, 4.69) is 16.4 Å². The molecule has 0 aliphatic rings. The third-order valence-electron chi connectivity index (χ3n) is 2.94. The Hall–Kier alpha value is -1.91. The molecular weight excluding hydrogens is 252 g/mol. The zero-order valence-electron chi connectivity index (χ0n) is 11.9. The average Bonchev–Trinajstić information content (AvgIpc) is 2.50. The lowest BCUT2D eigenvalue weighted by atomic mass is 10.2. The quantitative estimate of drug-likeness (QED) is 0.841. The molecule has 0 atom stereocenters. The fourth-order valence-corrected chi connectivity index (χ4v) is 1.84. The number of hydrogen-bond donors (Lipinski definition) is 1. The Balaban J connectivity index is 1.79. The average molecular weight is 272 g/mol. The predicted molar refractivity (Wildman–Crippen MR) is 78.5 cm³/mol. The van der Waals surface area contributed by atoms with Gasteiger partial charge in [-0.2, -0.15) is 0 Å². The number of ether oxygens (including phenoxy) is 2. The van der Waals surface area contributed by atoms with Crippen molar-refractivity contribution in [1.29, 1.82) is 0 Å². The van der Waals surface area contributed by atoms with Gasteiger partial charge in [-0.3, -0.25) is 4.98 Å². The van der Waals surface area contributed by atoms with Gasteiger partial charge in [0.2, 0.25) is 0 Å². The van der Waals surface area contributed by atoms with Gasteiger partial charge in [0.1, 0.15) is 5.75 Å². The maximum Gasteiger partial charge on any atom is 0.118 e. The van der Waals surface area contributed by atoms with Crippen molar-refractivity contribution in [3.05, 3.63) is 59.4 Å². The minimum Gasteiger partial charge on any atom is -0.497 e. The number of nitrogens with one attached hydrogen (secondary N) is 1. The lowest BCUT2D eigenvalue weighted by molar-refractivity contribution is 0.104. The van der Waals surface area contributed by atoms with Gasteiger partial charge in [0.15, 0.2) is 0 Å². The van der Waals surface area contributed by atoms with E-state index < -0.39 is 0 Å². The first-order valence-electron chi connectivity index (χ1n) is 6.61. The second kappa shape index (κ2) is 7.62. The summed E-state index contributed by atoms with van der Waals surface area (Å²) in [5, 5.41) is 3.10. The maximum absolute atomic E-state index is 5.66. The molecule has 0 aliphatic carbocycles. The molecule has 0 unspecified atom stereocenters. The zero-order valence-corrected chi connectivity index (χ0v) is 11.9. The molecule has 20 heavy (non-hydrogen) atoms. The predicted octanol–water partition coefficient (Wildman–Crippen LogP) is 2.53. The van der Waals surface area contributed by atoms with Crippen molar-refractivity contribution in [1.82, 2.24) is 10.3 Å². The van der Waals surface area contributed by atoms with E-state index in [0.29, 0.717) is 13.2 Å². The molecule has 1 aromatic heterocycles. The van der Waals surface area contributed by atoms with Crippen molar-refractivity contribution >= 4 is 0 Å². The highest BCUT2D eigenvalue weighted by Crippen LogP contribution is 2.12. The van der Waals surface area contributed by atoms with Crippen LogP contribution in [0.1, 0.15) is 16.8 Å². The van der Waals surface area contributed by atoms with Crippen molar-refractivity contribution in [3.63, 3.8) is 0 Å². The van der Waals surface area contributed by atoms with Crippen molar-refractivity contribution in [3.8, 4) is 5.75 Å². The summed E-state index contributed by atoms with van der Waals surface area (Å²) in [6.07, 6.45) is 1.88. The summed E-state index contributed by atoms with van der Waals surface area (Å²) in [6, 6.07) is 11.9. The molecule has 0 bridgehead atoms. The zero-order chi connectivity index (χ0) is 14.2. The molecule has 1 N–H and O–H groups in total. The summed E-state index contributed by atoms with van der Waals surface area (Å²) in [4.78, 5) is 4.37. The Morgan fingerprint density at radius 3 is 2.35 bits per heavy atom. The highest BCUT2D eigenvalue weighted by Gasteiger charge is 1.98. The summed E-state index contributed by atoms with van der Waals surface area (Å²) in [5.41, 5.74) is 3.24. The van der Waals surface area contributed by atoms with E-state index in [1.807, 2.05) is 43.6 Å². The Morgan fingerprint density at radius 2 is 1.75 bits per heavy atom. The van der Waals surface area contributed by atoms with Crippen LogP contribution in [0.25, 0.3) is 0 Å². The molecule has 0 saturated heterocycles. The molecule has 1 aromatic carbocycles. The summed E-state index contributed by atoms with van der Waals surface area (Å²) in [5.74, 6) is 0.857. The van der Waals surface area contributed by atoms with Gasteiger partial charge in [-0.1, -0.05) is 18.2 Å². The van der Waals surface area contributed by atoms with Gasteiger partial charge in [-0.05, 0) is 36.4 Å². The van der Waals surface area contributed by atoms with Crippen molar-refractivity contribution in [2.75, 3.05) is 14.2 Å². The number of methoxy groups -OCH3 is 1. The molecule has 1 heterocycles. The fourth-order valence-electron chi connectivity index (χ4n) is 1.84. The van der Waals surface area contributed by atoms with Gasteiger partial charge >= 0.3 is 0 Å². The highest BCUT2D eigenvalue weighted by molar-refractivity contribution is 5.26. The van der Waals surface area contributed by atoms with Crippen LogP contribution in [-0.4, -0.2) is 19.1 Å². The van der Waals surface area contributed by atoms with Gasteiger partial charge in [-0.25, -0.2) is 0 Å². The topological polar surface area (TPSA) is 43.4 Å². The fraction of sp³-hybridized carbons (Fsp3) is 0.312. The molecule has 0 fully saturated rings. The molecule has 4 nitrogen and oxygen atoms in total. The van der Waals surface area contributed by atoms with Crippen LogP contribution < -0.4 is 10.1 Å². The Labute approximate surface area is 119 Å². The van der Waals surface area contributed by atoms with Gasteiger partial charge in [0.25, 0.3) is 0 Å². The molecule has 106 valence electrons. The normalized spacial score (nSPS) is 10.5. The number of rotatable bonds is 7. The monoisotopic (exact) mass is 272 g/mol. The molecule has 0 radical (unpaired) electrons. The van der Waals surface area contributed by atoms with Crippen LogP contribution in [0.4, 0.5) is 0 Å². The lowest BCUT2D eigenvalue weighted by Crippen LogP contribution is -2.05. The minimum atomic E-state index is 0.520. The van der Waals surface area contributed by atoms with E-state index in [1.54, 1.807) is 7.11 Å². The first-order chi connectivity index (χ1) is 9.81. The van der Waals surface area contributed by atoms with E-state index >= 15 is 0 Å². The van der Waals surface area contributed by atoms with Crippen molar-refractivity contribution in [2.45, 2.75) is 19.8 Å². The van der Waals surface area contributed by atoms with Crippen LogP contribution in [-0.2, 0) is 24.5 Å². The largest absolute Gasteiger partial charge is 0.497 e. The third kappa shape index (κ3) is 4.33. The van der Waals surface area contributed by atoms with Crippen molar-refractivity contribution in [2.24, 2.45) is 0 Å². The molecule has 4 heteroatoms. The number of nitrogens with zero attached hydrogens (tertiary/aromatic N) is 1. The van der Waals surface area contributed by atoms with E-state index in [9.17, 15) is 0 Å². The number of benzene rings is 1. The first kappa shape index (κ1) is 14.5. The molecule has 0 spiro atoms. The number of aromatic nitrogens is 1. The van der Waals surface area contributed by atoms with E-state index in [-0.39, 0.29) is 0 Å². The SMILES string of the molecule is CNCc1ccc(COCc2ccc(OC)cc2)nc1. The van der Waals surface area contributed by atoms with E-state index in [0.717, 1.165) is 23.6 Å². The molecule has 2 aromatic rings. The summed E-state index contributed by atoms with van der Waals surface area (Å²) < 4.78 is 10.8. The van der Waals surface area contributed by atoms with Gasteiger partial charge in [0.05, 0.1) is 26.0 Å². The van der Waals surface area contributed by atoms with Gasteiger partial charge in [0, 0.05) is 12.7 Å². The Bertz CT molecular complexity index is 509. The van der Waals surface area contributed by atoms with Crippen LogP contribution in [0.3, 0.4) is 0 Å². The second-order valence-corrected chi connectivity index (χ2v) is 4.53. The van der Waals surface area contributed by atoms with Crippen LogP contribution in [0.15, 0.2) is 42.6 Å². The standard InChI is InChI=1S/C16H20N2O2/c1-17-9-14-3-6-15(18-10-14)12-20-11-13-4-7-16(19-2)8-5-13/h3-8,10,17H,9,11-12H2,1-2H3. The Morgan fingerprint density at radius 1 is 1.00 bits per heavy atom. The summed E-state index contributed by atoms with van der Waals surface area (Å²) >= 11 is 0. The summed E-state index contributed by atoms with van der Waals surface area (Å²) in [6.45, 7) is 1.93. The molecule has 0 amide bonds. The highest BCUT2D eigenvalue weighted by atomic mass is 16.5.